The van der Waals surface area contributed by atoms with Gasteiger partial charge < -0.3 is 13.9 Å². The molecule has 38 heavy (non-hydrogen) atoms. The van der Waals surface area contributed by atoms with Crippen LogP contribution in [0.15, 0.2) is 74.0 Å². The number of aromatic nitrogens is 1. The molecule has 1 aliphatic rings. The van der Waals surface area contributed by atoms with E-state index in [9.17, 15) is 9.59 Å². The molecule has 2 aromatic heterocycles. The fourth-order valence-corrected chi connectivity index (χ4v) is 5.89. The van der Waals surface area contributed by atoms with Gasteiger partial charge in [0.2, 0.25) is 0 Å². The minimum atomic E-state index is -0.869. The highest BCUT2D eigenvalue weighted by Gasteiger charge is 2.35. The van der Waals surface area contributed by atoms with Gasteiger partial charge in [-0.25, -0.2) is 9.79 Å². The third-order valence-electron chi connectivity index (χ3n) is 6.01. The van der Waals surface area contributed by atoms with E-state index in [2.05, 4.69) is 4.99 Å². The molecule has 0 spiro atoms. The summed E-state index contributed by atoms with van der Waals surface area (Å²) in [4.78, 5) is 31.6. The summed E-state index contributed by atoms with van der Waals surface area (Å²) in [5, 5.41) is 1.42. The van der Waals surface area contributed by atoms with Crippen molar-refractivity contribution >= 4 is 58.2 Å². The molecule has 11 heteroatoms. The molecule has 194 valence electrons. The Hall–Kier alpha value is -3.30. The number of carbonyl (C=O) groups is 1. The number of allylic oxidation sites excluding steroid dienone is 1. The molecule has 0 fully saturated rings. The van der Waals surface area contributed by atoms with Crippen LogP contribution in [0, 0.1) is 0 Å². The van der Waals surface area contributed by atoms with Crippen LogP contribution >= 0.6 is 46.1 Å². The lowest BCUT2D eigenvalue weighted by Crippen LogP contribution is -2.40. The second-order valence-electron chi connectivity index (χ2n) is 8.29. The van der Waals surface area contributed by atoms with E-state index in [0.717, 1.165) is 0 Å². The number of fused-ring (bicyclic) bond motifs is 1. The molecular weight excluding hydrogens is 571 g/mol. The quantitative estimate of drug-likeness (QED) is 0.282. The zero-order valence-electron chi connectivity index (χ0n) is 20.3. The first kappa shape index (κ1) is 26.3. The van der Waals surface area contributed by atoms with Crippen LogP contribution in [0.4, 0.5) is 0 Å². The Morgan fingerprint density at radius 1 is 1.08 bits per heavy atom. The Morgan fingerprint density at radius 2 is 1.82 bits per heavy atom. The highest BCUT2D eigenvalue weighted by molar-refractivity contribution is 7.07. The molecule has 7 nitrogen and oxygen atoms in total. The molecule has 0 saturated carbocycles. The van der Waals surface area contributed by atoms with Gasteiger partial charge in [-0.15, -0.1) is 0 Å². The van der Waals surface area contributed by atoms with E-state index < -0.39 is 12.0 Å². The number of nitrogens with zero attached hydrogens (tertiary/aromatic N) is 2. The number of furan rings is 1. The van der Waals surface area contributed by atoms with Gasteiger partial charge in [0.05, 0.1) is 35.0 Å². The number of carbonyl (C=O) groups excluding carboxylic acids is 1. The van der Waals surface area contributed by atoms with Gasteiger partial charge in [0.15, 0.2) is 4.80 Å². The molecule has 2 aromatic carbocycles. The van der Waals surface area contributed by atoms with Crippen LogP contribution in [-0.4, -0.2) is 24.8 Å². The Balaban J connectivity index is 1.69. The molecule has 1 atom stereocenters. The molecule has 0 N–H and O–H groups in total. The van der Waals surface area contributed by atoms with Crippen LogP contribution in [-0.2, 0) is 9.53 Å². The van der Waals surface area contributed by atoms with Gasteiger partial charge in [0.25, 0.3) is 5.56 Å². The van der Waals surface area contributed by atoms with Crippen molar-refractivity contribution < 1.29 is 18.7 Å². The van der Waals surface area contributed by atoms with Crippen molar-refractivity contribution in [2.75, 3.05) is 14.2 Å². The lowest BCUT2D eigenvalue weighted by Gasteiger charge is -2.25. The van der Waals surface area contributed by atoms with Crippen LogP contribution in [0.5, 0.6) is 5.75 Å². The van der Waals surface area contributed by atoms with Crippen LogP contribution < -0.4 is 19.6 Å². The Morgan fingerprint density at radius 3 is 2.55 bits per heavy atom. The van der Waals surface area contributed by atoms with Gasteiger partial charge >= 0.3 is 5.97 Å². The van der Waals surface area contributed by atoms with E-state index in [1.807, 2.05) is 0 Å². The number of hydrogen-bond donors (Lipinski definition) is 0. The van der Waals surface area contributed by atoms with Gasteiger partial charge in [0.1, 0.15) is 23.3 Å². The van der Waals surface area contributed by atoms with Crippen molar-refractivity contribution in [3.05, 3.63) is 106 Å². The number of thiazole rings is 1. The molecule has 0 saturated heterocycles. The summed E-state index contributed by atoms with van der Waals surface area (Å²) < 4.78 is 18.4. The average molecular weight is 590 g/mol. The Kier molecular flexibility index (Phi) is 7.24. The van der Waals surface area contributed by atoms with Gasteiger partial charge in [-0.05, 0) is 55.5 Å². The van der Waals surface area contributed by atoms with E-state index in [1.165, 1.54) is 30.1 Å². The van der Waals surface area contributed by atoms with E-state index >= 15 is 0 Å². The average Bonchev–Trinajstić information content (AvgIpc) is 3.48. The SMILES string of the molecule is COC(=O)C1=C(C)N=c2s/c(=C\c3ccc(-c4cc(Cl)ccc4Cl)o3)c(=O)n2[C@@H]1c1cc(Cl)ccc1OC. The summed E-state index contributed by atoms with van der Waals surface area (Å²) in [6, 6.07) is 12.7. The first-order chi connectivity index (χ1) is 18.2. The summed E-state index contributed by atoms with van der Waals surface area (Å²) in [7, 11) is 2.78. The molecule has 4 aromatic rings. The normalized spacial score (nSPS) is 15.3. The summed E-state index contributed by atoms with van der Waals surface area (Å²) in [6.45, 7) is 1.70. The van der Waals surface area contributed by atoms with Crippen molar-refractivity contribution in [3.8, 4) is 17.1 Å². The van der Waals surface area contributed by atoms with Crippen molar-refractivity contribution in [1.29, 1.82) is 0 Å². The molecule has 0 unspecified atom stereocenters. The number of benzene rings is 2. The number of rotatable bonds is 5. The van der Waals surface area contributed by atoms with Crippen molar-refractivity contribution in [2.24, 2.45) is 4.99 Å². The summed E-state index contributed by atoms with van der Waals surface area (Å²) in [5.74, 6) is 0.782. The molecule has 0 aliphatic carbocycles. The van der Waals surface area contributed by atoms with Crippen molar-refractivity contribution in [3.63, 3.8) is 0 Å². The smallest absolute Gasteiger partial charge is 0.338 e. The maximum absolute atomic E-state index is 13.8. The predicted octanol–water partition coefficient (Wildman–Crippen LogP) is 5.64. The summed E-state index contributed by atoms with van der Waals surface area (Å²) >= 11 is 19.9. The van der Waals surface area contributed by atoms with Gasteiger partial charge in [-0.1, -0.05) is 46.1 Å². The number of ether oxygens (including phenoxy) is 2. The van der Waals surface area contributed by atoms with E-state index in [1.54, 1.807) is 61.5 Å². The van der Waals surface area contributed by atoms with E-state index in [-0.39, 0.29) is 11.1 Å². The van der Waals surface area contributed by atoms with E-state index in [0.29, 0.717) is 58.5 Å². The largest absolute Gasteiger partial charge is 0.496 e. The third-order valence-corrected chi connectivity index (χ3v) is 7.79. The molecule has 5 rings (SSSR count). The summed E-state index contributed by atoms with van der Waals surface area (Å²) in [6.07, 6.45) is 1.62. The highest BCUT2D eigenvalue weighted by Crippen LogP contribution is 2.37. The highest BCUT2D eigenvalue weighted by atomic mass is 35.5. The lowest BCUT2D eigenvalue weighted by molar-refractivity contribution is -0.136. The molecule has 0 bridgehead atoms. The van der Waals surface area contributed by atoms with Crippen LogP contribution in [0.25, 0.3) is 17.4 Å². The van der Waals surface area contributed by atoms with E-state index in [4.69, 9.17) is 48.7 Å². The zero-order chi connectivity index (χ0) is 27.1. The fourth-order valence-electron chi connectivity index (χ4n) is 4.30. The maximum Gasteiger partial charge on any atom is 0.338 e. The Labute approximate surface area is 235 Å². The molecule has 1 aliphatic heterocycles. The minimum absolute atomic E-state index is 0.211. The number of halogens is 3. The Bertz CT molecular complexity index is 1800. The van der Waals surface area contributed by atoms with Crippen molar-refractivity contribution in [2.45, 2.75) is 13.0 Å². The third kappa shape index (κ3) is 4.69. The molecule has 0 amide bonds. The van der Waals surface area contributed by atoms with Crippen molar-refractivity contribution in [1.82, 2.24) is 4.57 Å². The zero-order valence-corrected chi connectivity index (χ0v) is 23.3. The van der Waals surface area contributed by atoms with Crippen LogP contribution in [0.2, 0.25) is 15.1 Å². The molecular formula is C27H19Cl3N2O5S. The predicted molar refractivity (Wildman–Crippen MR) is 148 cm³/mol. The second-order valence-corrected chi connectivity index (χ2v) is 10.6. The monoisotopic (exact) mass is 588 g/mol. The fraction of sp³-hybridized carbons (Fsp3) is 0.148. The standard InChI is InChI=1S/C27H19Cl3N2O5S/c1-13-23(26(34)36-3)24(18-11-15(29)5-8-20(18)35-2)32-25(33)22(38-27(32)31-13)12-16-6-9-21(37-16)17-10-14(28)4-7-19(17)30/h4-12,24H,1-3H3/b22-12-/t24-/m1/s1. The number of methoxy groups -OCH3 is 2. The number of esters is 1. The summed E-state index contributed by atoms with van der Waals surface area (Å²) in [5.41, 5.74) is 1.42. The minimum Gasteiger partial charge on any atom is -0.496 e. The van der Waals surface area contributed by atoms with Gasteiger partial charge in [-0.3, -0.25) is 9.36 Å². The number of hydrogen-bond acceptors (Lipinski definition) is 7. The van der Waals surface area contributed by atoms with Crippen LogP contribution in [0.3, 0.4) is 0 Å². The van der Waals surface area contributed by atoms with Gasteiger partial charge in [0, 0.05) is 27.2 Å². The maximum atomic E-state index is 13.8. The topological polar surface area (TPSA) is 83.0 Å². The first-order valence-electron chi connectivity index (χ1n) is 11.2. The van der Waals surface area contributed by atoms with Crippen LogP contribution in [0.1, 0.15) is 24.3 Å². The second kappa shape index (κ2) is 10.5. The first-order valence-corrected chi connectivity index (χ1v) is 13.2. The molecule has 0 radical (unpaired) electrons. The molecule has 3 heterocycles. The lowest BCUT2D eigenvalue weighted by atomic mass is 9.95. The van der Waals surface area contributed by atoms with Gasteiger partial charge in [-0.2, -0.15) is 0 Å².